The molecule has 0 aliphatic carbocycles. The van der Waals surface area contributed by atoms with Crippen molar-refractivity contribution in [3.63, 3.8) is 0 Å². The minimum absolute atomic E-state index is 0.219. The summed E-state index contributed by atoms with van der Waals surface area (Å²) < 4.78 is 11.4. The normalized spacial score (nSPS) is 10.7. The van der Waals surface area contributed by atoms with Gasteiger partial charge in [0.1, 0.15) is 0 Å². The van der Waals surface area contributed by atoms with Gasteiger partial charge in [0.05, 0.1) is 24.4 Å². The number of nitrogens with one attached hydrogen (secondary N) is 1. The first-order valence-corrected chi connectivity index (χ1v) is 8.45. The molecule has 0 saturated carbocycles. The second-order valence-electron chi connectivity index (χ2n) is 5.62. The monoisotopic (exact) mass is 357 g/mol. The van der Waals surface area contributed by atoms with Gasteiger partial charge in [-0.25, -0.2) is 4.98 Å². The molecule has 1 aromatic heterocycles. The SMILES string of the molecule is COc1ccc(C(=O)Nc2c(C)cc3nc(N)sc3c2C)cc1OC. The molecule has 6 nitrogen and oxygen atoms in total. The van der Waals surface area contributed by atoms with Gasteiger partial charge in [0, 0.05) is 11.3 Å². The molecule has 1 amide bonds. The standard InChI is InChI=1S/C18H19N3O3S/c1-9-7-12-16(25-18(19)20-12)10(2)15(9)21-17(22)11-5-6-13(23-3)14(8-11)24-4/h5-8H,1-4H3,(H2,19,20)(H,21,22). The zero-order chi connectivity index (χ0) is 18.1. The van der Waals surface area contributed by atoms with E-state index in [9.17, 15) is 4.79 Å². The van der Waals surface area contributed by atoms with Crippen LogP contribution in [0.25, 0.3) is 10.2 Å². The number of nitrogens with zero attached hydrogens (tertiary/aromatic N) is 1. The number of nitrogen functional groups attached to an aromatic ring is 1. The Bertz CT molecular complexity index is 966. The van der Waals surface area contributed by atoms with Crippen molar-refractivity contribution < 1.29 is 14.3 Å². The second-order valence-corrected chi connectivity index (χ2v) is 6.65. The number of anilines is 2. The van der Waals surface area contributed by atoms with E-state index in [0.29, 0.717) is 22.2 Å². The Balaban J connectivity index is 1.97. The van der Waals surface area contributed by atoms with Gasteiger partial charge in [-0.2, -0.15) is 0 Å². The van der Waals surface area contributed by atoms with Crippen molar-refractivity contribution in [1.82, 2.24) is 4.98 Å². The lowest BCUT2D eigenvalue weighted by Gasteiger charge is -2.13. The Kier molecular flexibility index (Phi) is 4.50. The van der Waals surface area contributed by atoms with E-state index in [0.717, 1.165) is 27.0 Å². The fraction of sp³-hybridized carbons (Fsp3) is 0.222. The number of fused-ring (bicyclic) bond motifs is 1. The highest BCUT2D eigenvalue weighted by molar-refractivity contribution is 7.22. The summed E-state index contributed by atoms with van der Waals surface area (Å²) in [6.07, 6.45) is 0. The van der Waals surface area contributed by atoms with E-state index in [1.54, 1.807) is 25.3 Å². The number of hydrogen-bond acceptors (Lipinski definition) is 6. The number of benzene rings is 2. The van der Waals surface area contributed by atoms with Crippen molar-refractivity contribution in [2.75, 3.05) is 25.3 Å². The maximum Gasteiger partial charge on any atom is 0.255 e. The molecule has 0 bridgehead atoms. The number of amides is 1. The Morgan fingerprint density at radius 3 is 2.56 bits per heavy atom. The van der Waals surface area contributed by atoms with Gasteiger partial charge >= 0.3 is 0 Å². The van der Waals surface area contributed by atoms with Gasteiger partial charge in [0.15, 0.2) is 16.6 Å². The highest BCUT2D eigenvalue weighted by Crippen LogP contribution is 2.34. The molecule has 3 aromatic rings. The molecule has 0 fully saturated rings. The third-order valence-corrected chi connectivity index (χ3v) is 5.04. The molecule has 0 saturated heterocycles. The van der Waals surface area contributed by atoms with Crippen molar-refractivity contribution in [3.8, 4) is 11.5 Å². The van der Waals surface area contributed by atoms with Crippen molar-refractivity contribution >= 4 is 38.3 Å². The Morgan fingerprint density at radius 2 is 1.88 bits per heavy atom. The van der Waals surface area contributed by atoms with Gasteiger partial charge in [-0.1, -0.05) is 11.3 Å². The average molecular weight is 357 g/mol. The fourth-order valence-corrected chi connectivity index (χ4v) is 3.58. The van der Waals surface area contributed by atoms with Crippen LogP contribution in [0, 0.1) is 13.8 Å². The fourth-order valence-electron chi connectivity index (χ4n) is 2.76. The van der Waals surface area contributed by atoms with Gasteiger partial charge in [-0.15, -0.1) is 0 Å². The molecule has 0 unspecified atom stereocenters. The van der Waals surface area contributed by atoms with Gasteiger partial charge < -0.3 is 20.5 Å². The number of carbonyl (C=O) groups is 1. The molecule has 3 rings (SSSR count). The minimum atomic E-state index is -0.219. The number of nitrogens with two attached hydrogens (primary N) is 1. The van der Waals surface area contributed by atoms with Crippen molar-refractivity contribution in [2.24, 2.45) is 0 Å². The zero-order valence-corrected chi connectivity index (χ0v) is 15.3. The number of aryl methyl sites for hydroxylation is 2. The van der Waals surface area contributed by atoms with E-state index >= 15 is 0 Å². The third-order valence-electron chi connectivity index (χ3n) is 4.02. The van der Waals surface area contributed by atoms with Crippen LogP contribution in [0.5, 0.6) is 11.5 Å². The topological polar surface area (TPSA) is 86.5 Å². The van der Waals surface area contributed by atoms with Crippen LogP contribution in [0.1, 0.15) is 21.5 Å². The molecule has 0 aliphatic heterocycles. The number of carbonyl (C=O) groups excluding carboxylic acids is 1. The molecule has 25 heavy (non-hydrogen) atoms. The number of rotatable bonds is 4. The maximum absolute atomic E-state index is 12.7. The van der Waals surface area contributed by atoms with E-state index in [1.165, 1.54) is 18.4 Å². The molecule has 0 aliphatic rings. The van der Waals surface area contributed by atoms with E-state index < -0.39 is 0 Å². The Labute approximate surface area is 149 Å². The average Bonchev–Trinajstić information content (AvgIpc) is 2.98. The smallest absolute Gasteiger partial charge is 0.255 e. The zero-order valence-electron chi connectivity index (χ0n) is 14.5. The van der Waals surface area contributed by atoms with Crippen LogP contribution in [-0.2, 0) is 0 Å². The van der Waals surface area contributed by atoms with Crippen LogP contribution in [0.15, 0.2) is 24.3 Å². The second kappa shape index (κ2) is 6.60. The largest absolute Gasteiger partial charge is 0.493 e. The van der Waals surface area contributed by atoms with Gasteiger partial charge in [-0.05, 0) is 49.2 Å². The summed E-state index contributed by atoms with van der Waals surface area (Å²) in [5.74, 6) is 0.867. The first-order chi connectivity index (χ1) is 11.9. The van der Waals surface area contributed by atoms with Crippen LogP contribution in [0.3, 0.4) is 0 Å². The van der Waals surface area contributed by atoms with Crippen LogP contribution in [-0.4, -0.2) is 25.1 Å². The van der Waals surface area contributed by atoms with Crippen molar-refractivity contribution in [3.05, 3.63) is 41.0 Å². The summed E-state index contributed by atoms with van der Waals surface area (Å²) in [5, 5.41) is 3.50. The number of hydrogen-bond donors (Lipinski definition) is 2. The molecule has 2 aromatic carbocycles. The highest BCUT2D eigenvalue weighted by atomic mass is 32.1. The molecule has 0 atom stereocenters. The van der Waals surface area contributed by atoms with Gasteiger partial charge in [0.25, 0.3) is 5.91 Å². The summed E-state index contributed by atoms with van der Waals surface area (Å²) in [6, 6.07) is 6.99. The molecule has 1 heterocycles. The summed E-state index contributed by atoms with van der Waals surface area (Å²) in [4.78, 5) is 17.0. The number of ether oxygens (including phenoxy) is 2. The van der Waals surface area contributed by atoms with Crippen molar-refractivity contribution in [2.45, 2.75) is 13.8 Å². The highest BCUT2D eigenvalue weighted by Gasteiger charge is 2.16. The number of thiazole rings is 1. The number of aromatic nitrogens is 1. The predicted molar refractivity (Wildman–Crippen MR) is 101 cm³/mol. The summed E-state index contributed by atoms with van der Waals surface area (Å²) >= 11 is 1.41. The third kappa shape index (κ3) is 3.10. The van der Waals surface area contributed by atoms with E-state index in [-0.39, 0.29) is 5.91 Å². The first kappa shape index (κ1) is 17.0. The molecule has 3 N–H and O–H groups in total. The summed E-state index contributed by atoms with van der Waals surface area (Å²) in [5.41, 5.74) is 9.81. The summed E-state index contributed by atoms with van der Waals surface area (Å²) in [7, 11) is 3.09. The van der Waals surface area contributed by atoms with E-state index in [2.05, 4.69) is 10.3 Å². The van der Waals surface area contributed by atoms with E-state index in [4.69, 9.17) is 15.2 Å². The molecule has 0 radical (unpaired) electrons. The van der Waals surface area contributed by atoms with Crippen LogP contribution in [0.2, 0.25) is 0 Å². The Hall–Kier alpha value is -2.80. The lowest BCUT2D eigenvalue weighted by Crippen LogP contribution is -2.14. The lowest BCUT2D eigenvalue weighted by molar-refractivity contribution is 0.102. The maximum atomic E-state index is 12.7. The van der Waals surface area contributed by atoms with Crippen LogP contribution in [0.4, 0.5) is 10.8 Å². The molecule has 0 spiro atoms. The molecular weight excluding hydrogens is 338 g/mol. The molecule has 130 valence electrons. The molecular formula is C18H19N3O3S. The van der Waals surface area contributed by atoms with Crippen LogP contribution < -0.4 is 20.5 Å². The summed E-state index contributed by atoms with van der Waals surface area (Å²) in [6.45, 7) is 3.89. The minimum Gasteiger partial charge on any atom is -0.493 e. The lowest BCUT2D eigenvalue weighted by atomic mass is 10.1. The number of methoxy groups -OCH3 is 2. The van der Waals surface area contributed by atoms with Gasteiger partial charge in [-0.3, -0.25) is 4.79 Å². The first-order valence-electron chi connectivity index (χ1n) is 7.64. The van der Waals surface area contributed by atoms with Crippen molar-refractivity contribution in [1.29, 1.82) is 0 Å². The molecule has 7 heteroatoms. The quantitative estimate of drug-likeness (QED) is 0.742. The van der Waals surface area contributed by atoms with Gasteiger partial charge in [0.2, 0.25) is 0 Å². The predicted octanol–water partition coefficient (Wildman–Crippen LogP) is 3.76. The Morgan fingerprint density at radius 1 is 1.16 bits per heavy atom. The van der Waals surface area contributed by atoms with Crippen LogP contribution >= 0.6 is 11.3 Å². The van der Waals surface area contributed by atoms with E-state index in [1.807, 2.05) is 19.9 Å².